The standard InChI is InChI=1S/C10H17N3O3/c1-3-16-10(15)9-7(6-13(2)12-9)8(14)4-5-11/h6,8,14H,3-5,11H2,1-2H3/t8-/m0/s1. The van der Waals surface area contributed by atoms with Crippen molar-refractivity contribution in [3.8, 4) is 0 Å². The van der Waals surface area contributed by atoms with Crippen LogP contribution in [0.5, 0.6) is 0 Å². The van der Waals surface area contributed by atoms with E-state index in [9.17, 15) is 9.90 Å². The molecule has 3 N–H and O–H groups in total. The van der Waals surface area contributed by atoms with Crippen molar-refractivity contribution in [3.05, 3.63) is 17.5 Å². The minimum Gasteiger partial charge on any atom is -0.461 e. The fourth-order valence-electron chi connectivity index (χ4n) is 1.42. The van der Waals surface area contributed by atoms with Crippen LogP contribution >= 0.6 is 0 Å². The molecule has 0 saturated heterocycles. The van der Waals surface area contributed by atoms with Crippen molar-refractivity contribution in [1.29, 1.82) is 0 Å². The topological polar surface area (TPSA) is 90.4 Å². The van der Waals surface area contributed by atoms with Crippen molar-refractivity contribution >= 4 is 5.97 Å². The predicted molar refractivity (Wildman–Crippen MR) is 57.8 cm³/mol. The van der Waals surface area contributed by atoms with Gasteiger partial charge in [-0.2, -0.15) is 5.10 Å². The molecule has 0 amide bonds. The number of aliphatic hydroxyl groups excluding tert-OH is 1. The lowest BCUT2D eigenvalue weighted by atomic mass is 10.1. The van der Waals surface area contributed by atoms with Gasteiger partial charge in [0.05, 0.1) is 12.7 Å². The summed E-state index contributed by atoms with van der Waals surface area (Å²) < 4.78 is 6.33. The van der Waals surface area contributed by atoms with Crippen LogP contribution in [0.1, 0.15) is 35.5 Å². The zero-order valence-electron chi connectivity index (χ0n) is 9.51. The third-order valence-corrected chi connectivity index (χ3v) is 2.12. The van der Waals surface area contributed by atoms with Gasteiger partial charge in [-0.25, -0.2) is 4.79 Å². The maximum absolute atomic E-state index is 11.5. The average Bonchev–Trinajstić information content (AvgIpc) is 2.61. The maximum atomic E-state index is 11.5. The number of rotatable bonds is 5. The highest BCUT2D eigenvalue weighted by Crippen LogP contribution is 2.20. The highest BCUT2D eigenvalue weighted by molar-refractivity contribution is 5.88. The molecule has 6 heteroatoms. The Bertz CT molecular complexity index is 362. The van der Waals surface area contributed by atoms with Crippen molar-refractivity contribution in [1.82, 2.24) is 9.78 Å². The zero-order chi connectivity index (χ0) is 12.1. The van der Waals surface area contributed by atoms with E-state index in [4.69, 9.17) is 10.5 Å². The Kier molecular flexibility index (Phi) is 4.45. The van der Waals surface area contributed by atoms with Gasteiger partial charge in [0, 0.05) is 18.8 Å². The highest BCUT2D eigenvalue weighted by atomic mass is 16.5. The van der Waals surface area contributed by atoms with Gasteiger partial charge in [-0.05, 0) is 19.9 Å². The lowest BCUT2D eigenvalue weighted by molar-refractivity contribution is 0.0511. The van der Waals surface area contributed by atoms with Crippen molar-refractivity contribution in [2.75, 3.05) is 13.2 Å². The SMILES string of the molecule is CCOC(=O)c1nn(C)cc1[C@@H](O)CCN. The lowest BCUT2D eigenvalue weighted by Gasteiger charge is -2.08. The van der Waals surface area contributed by atoms with Gasteiger partial charge in [0.2, 0.25) is 0 Å². The van der Waals surface area contributed by atoms with Gasteiger partial charge in [-0.1, -0.05) is 0 Å². The number of aliphatic hydroxyl groups is 1. The van der Waals surface area contributed by atoms with E-state index in [1.807, 2.05) is 0 Å². The van der Waals surface area contributed by atoms with E-state index in [1.165, 1.54) is 4.68 Å². The number of aryl methyl sites for hydroxylation is 1. The fraction of sp³-hybridized carbons (Fsp3) is 0.600. The van der Waals surface area contributed by atoms with Crippen LogP contribution in [0.15, 0.2) is 6.20 Å². The van der Waals surface area contributed by atoms with Gasteiger partial charge in [0.25, 0.3) is 0 Å². The maximum Gasteiger partial charge on any atom is 0.359 e. The number of carbonyl (C=O) groups excluding carboxylic acids is 1. The zero-order valence-corrected chi connectivity index (χ0v) is 9.51. The second-order valence-electron chi connectivity index (χ2n) is 3.42. The summed E-state index contributed by atoms with van der Waals surface area (Å²) in [5, 5.41) is 13.8. The number of aromatic nitrogens is 2. The molecule has 90 valence electrons. The highest BCUT2D eigenvalue weighted by Gasteiger charge is 2.21. The number of esters is 1. The molecule has 0 aromatic carbocycles. The molecule has 0 fully saturated rings. The van der Waals surface area contributed by atoms with E-state index in [1.54, 1.807) is 20.2 Å². The van der Waals surface area contributed by atoms with Gasteiger partial charge < -0.3 is 15.6 Å². The molecule has 0 bridgehead atoms. The summed E-state index contributed by atoms with van der Waals surface area (Å²) in [6.07, 6.45) is 1.21. The number of nitrogens with zero attached hydrogens (tertiary/aromatic N) is 2. The van der Waals surface area contributed by atoms with E-state index >= 15 is 0 Å². The van der Waals surface area contributed by atoms with Crippen LogP contribution in [0.25, 0.3) is 0 Å². The van der Waals surface area contributed by atoms with Crippen LogP contribution in [0.3, 0.4) is 0 Å². The summed E-state index contributed by atoms with van der Waals surface area (Å²) in [5.41, 5.74) is 5.98. The first-order valence-corrected chi connectivity index (χ1v) is 5.19. The molecule has 0 unspecified atom stereocenters. The van der Waals surface area contributed by atoms with Crippen molar-refractivity contribution < 1.29 is 14.6 Å². The molecule has 16 heavy (non-hydrogen) atoms. The second-order valence-corrected chi connectivity index (χ2v) is 3.42. The monoisotopic (exact) mass is 227 g/mol. The molecule has 1 rings (SSSR count). The summed E-state index contributed by atoms with van der Waals surface area (Å²) in [6, 6.07) is 0. The molecule has 6 nitrogen and oxygen atoms in total. The van der Waals surface area contributed by atoms with Crippen LogP contribution in [-0.4, -0.2) is 34.0 Å². The molecule has 0 aliphatic rings. The summed E-state index contributed by atoms with van der Waals surface area (Å²) in [4.78, 5) is 11.5. The van der Waals surface area contributed by atoms with Crippen molar-refractivity contribution in [2.24, 2.45) is 12.8 Å². The molecule has 0 radical (unpaired) electrons. The first-order chi connectivity index (χ1) is 7.60. The minimum atomic E-state index is -0.780. The van der Waals surface area contributed by atoms with E-state index < -0.39 is 12.1 Å². The number of hydrogen-bond acceptors (Lipinski definition) is 5. The van der Waals surface area contributed by atoms with Gasteiger partial charge in [0.1, 0.15) is 0 Å². The van der Waals surface area contributed by atoms with E-state index in [2.05, 4.69) is 5.10 Å². The Labute approximate surface area is 94.0 Å². The average molecular weight is 227 g/mol. The molecule has 0 saturated carbocycles. The Hall–Kier alpha value is -1.40. The minimum absolute atomic E-state index is 0.158. The van der Waals surface area contributed by atoms with Crippen LogP contribution in [0.4, 0.5) is 0 Å². The number of carbonyl (C=O) groups is 1. The van der Waals surface area contributed by atoms with Crippen LogP contribution in [-0.2, 0) is 11.8 Å². The molecule has 0 aliphatic carbocycles. The quantitative estimate of drug-likeness (QED) is 0.690. The van der Waals surface area contributed by atoms with Crippen LogP contribution in [0, 0.1) is 0 Å². The molecular formula is C10H17N3O3. The molecule has 1 atom stereocenters. The second kappa shape index (κ2) is 5.62. The smallest absolute Gasteiger partial charge is 0.359 e. The first-order valence-electron chi connectivity index (χ1n) is 5.19. The Morgan fingerprint density at radius 3 is 3.00 bits per heavy atom. The molecule has 0 spiro atoms. The third kappa shape index (κ3) is 2.80. The molecular weight excluding hydrogens is 210 g/mol. The Balaban J connectivity index is 2.95. The number of hydrogen-bond donors (Lipinski definition) is 2. The van der Waals surface area contributed by atoms with E-state index in [-0.39, 0.29) is 12.3 Å². The molecule has 1 aromatic heterocycles. The number of ether oxygens (including phenoxy) is 1. The number of nitrogens with two attached hydrogens (primary N) is 1. The first kappa shape index (κ1) is 12.7. The van der Waals surface area contributed by atoms with E-state index in [0.29, 0.717) is 18.5 Å². The van der Waals surface area contributed by atoms with E-state index in [0.717, 1.165) is 0 Å². The normalized spacial score (nSPS) is 12.5. The van der Waals surface area contributed by atoms with Gasteiger partial charge in [0.15, 0.2) is 5.69 Å². The molecule has 1 heterocycles. The van der Waals surface area contributed by atoms with Crippen LogP contribution < -0.4 is 5.73 Å². The Morgan fingerprint density at radius 2 is 2.44 bits per heavy atom. The fourth-order valence-corrected chi connectivity index (χ4v) is 1.42. The summed E-state index contributed by atoms with van der Waals surface area (Å²) >= 11 is 0. The summed E-state index contributed by atoms with van der Waals surface area (Å²) in [5.74, 6) is -0.519. The molecule has 1 aromatic rings. The Morgan fingerprint density at radius 1 is 1.75 bits per heavy atom. The lowest BCUT2D eigenvalue weighted by Crippen LogP contribution is -2.12. The summed E-state index contributed by atoms with van der Waals surface area (Å²) in [6.45, 7) is 2.34. The van der Waals surface area contributed by atoms with Crippen molar-refractivity contribution in [3.63, 3.8) is 0 Å². The van der Waals surface area contributed by atoms with Gasteiger partial charge >= 0.3 is 5.97 Å². The predicted octanol–water partition coefficient (Wildman–Crippen LogP) is -0.0210. The summed E-state index contributed by atoms with van der Waals surface area (Å²) in [7, 11) is 1.68. The third-order valence-electron chi connectivity index (χ3n) is 2.12. The van der Waals surface area contributed by atoms with Gasteiger partial charge in [-0.15, -0.1) is 0 Å². The van der Waals surface area contributed by atoms with Crippen LogP contribution in [0.2, 0.25) is 0 Å². The largest absolute Gasteiger partial charge is 0.461 e. The van der Waals surface area contributed by atoms with Gasteiger partial charge in [-0.3, -0.25) is 4.68 Å². The van der Waals surface area contributed by atoms with Crippen molar-refractivity contribution in [2.45, 2.75) is 19.4 Å². The molecule has 0 aliphatic heterocycles.